The average molecular weight is 251 g/mol. The van der Waals surface area contributed by atoms with Crippen molar-refractivity contribution in [3.8, 4) is 0 Å². The van der Waals surface area contributed by atoms with Crippen molar-refractivity contribution in [1.29, 1.82) is 0 Å². The average Bonchev–Trinajstić information content (AvgIpc) is 2.17. The zero-order valence-electron chi connectivity index (χ0n) is 8.82. The molecule has 0 fully saturated rings. The molecule has 4 heteroatoms. The molecule has 4 N–H and O–H groups in total. The van der Waals surface area contributed by atoms with E-state index in [0.29, 0.717) is 0 Å². The molecule has 0 aromatic heterocycles. The molecule has 2 nitrogen and oxygen atoms in total. The summed E-state index contributed by atoms with van der Waals surface area (Å²) in [6.45, 7) is 1.49. The van der Waals surface area contributed by atoms with E-state index in [1.165, 1.54) is 11.1 Å². The van der Waals surface area contributed by atoms with E-state index in [4.69, 9.17) is 11.5 Å². The SMILES string of the molecule is Cl.Cl.NCCCc1ccc(CCN)cc1. The van der Waals surface area contributed by atoms with Gasteiger partial charge in [0, 0.05) is 0 Å². The van der Waals surface area contributed by atoms with E-state index in [1.54, 1.807) is 0 Å². The van der Waals surface area contributed by atoms with Crippen LogP contribution in [-0.2, 0) is 12.8 Å². The van der Waals surface area contributed by atoms with Crippen molar-refractivity contribution < 1.29 is 0 Å². The molecule has 0 saturated heterocycles. The lowest BCUT2D eigenvalue weighted by molar-refractivity contribution is 0.831. The van der Waals surface area contributed by atoms with Gasteiger partial charge in [0.05, 0.1) is 0 Å². The van der Waals surface area contributed by atoms with Gasteiger partial charge < -0.3 is 11.5 Å². The van der Waals surface area contributed by atoms with Gasteiger partial charge in [0.2, 0.25) is 0 Å². The molecule has 15 heavy (non-hydrogen) atoms. The Balaban J connectivity index is 0. The van der Waals surface area contributed by atoms with Crippen molar-refractivity contribution in [2.45, 2.75) is 19.3 Å². The van der Waals surface area contributed by atoms with Crippen LogP contribution in [0.5, 0.6) is 0 Å². The molecule has 0 bridgehead atoms. The van der Waals surface area contributed by atoms with Gasteiger partial charge in [0.1, 0.15) is 0 Å². The Labute approximate surface area is 104 Å². The van der Waals surface area contributed by atoms with Crippen LogP contribution in [0.15, 0.2) is 24.3 Å². The van der Waals surface area contributed by atoms with Crippen LogP contribution in [-0.4, -0.2) is 13.1 Å². The molecule has 1 aromatic rings. The lowest BCUT2D eigenvalue weighted by atomic mass is 10.1. The van der Waals surface area contributed by atoms with Gasteiger partial charge in [-0.1, -0.05) is 24.3 Å². The zero-order chi connectivity index (χ0) is 9.52. The van der Waals surface area contributed by atoms with E-state index in [0.717, 1.165) is 32.4 Å². The van der Waals surface area contributed by atoms with E-state index >= 15 is 0 Å². The Kier molecular flexibility index (Phi) is 11.7. The van der Waals surface area contributed by atoms with Crippen LogP contribution in [0.2, 0.25) is 0 Å². The van der Waals surface area contributed by atoms with E-state index in [-0.39, 0.29) is 24.8 Å². The fraction of sp³-hybridized carbons (Fsp3) is 0.455. The first-order chi connectivity index (χ1) is 6.36. The highest BCUT2D eigenvalue weighted by atomic mass is 35.5. The van der Waals surface area contributed by atoms with Crippen molar-refractivity contribution in [3.05, 3.63) is 35.4 Å². The van der Waals surface area contributed by atoms with Gasteiger partial charge >= 0.3 is 0 Å². The molecular formula is C11H20Cl2N2. The van der Waals surface area contributed by atoms with Crippen LogP contribution in [0.25, 0.3) is 0 Å². The highest BCUT2D eigenvalue weighted by Gasteiger charge is 1.93. The normalized spacial score (nSPS) is 8.93. The van der Waals surface area contributed by atoms with Crippen LogP contribution in [0.3, 0.4) is 0 Å². The fourth-order valence-corrected chi connectivity index (χ4v) is 1.35. The van der Waals surface area contributed by atoms with E-state index < -0.39 is 0 Å². The highest BCUT2D eigenvalue weighted by molar-refractivity contribution is 5.85. The summed E-state index contributed by atoms with van der Waals surface area (Å²) in [6, 6.07) is 8.64. The summed E-state index contributed by atoms with van der Waals surface area (Å²) < 4.78 is 0. The van der Waals surface area contributed by atoms with Crippen molar-refractivity contribution in [2.24, 2.45) is 11.5 Å². The largest absolute Gasteiger partial charge is 0.330 e. The van der Waals surface area contributed by atoms with Crippen LogP contribution in [0.1, 0.15) is 17.5 Å². The smallest absolute Gasteiger partial charge is 0.00367 e. The molecule has 0 heterocycles. The molecule has 0 unspecified atom stereocenters. The first kappa shape index (κ1) is 17.1. The topological polar surface area (TPSA) is 52.0 Å². The van der Waals surface area contributed by atoms with Gasteiger partial charge in [0.15, 0.2) is 0 Å². The van der Waals surface area contributed by atoms with Gasteiger partial charge in [-0.15, -0.1) is 24.8 Å². The summed E-state index contributed by atoms with van der Waals surface area (Å²) in [5.41, 5.74) is 13.6. The fourth-order valence-electron chi connectivity index (χ4n) is 1.35. The molecular weight excluding hydrogens is 231 g/mol. The highest BCUT2D eigenvalue weighted by Crippen LogP contribution is 2.06. The maximum Gasteiger partial charge on any atom is -0.00367 e. The van der Waals surface area contributed by atoms with E-state index in [9.17, 15) is 0 Å². The lowest BCUT2D eigenvalue weighted by Gasteiger charge is -2.02. The zero-order valence-corrected chi connectivity index (χ0v) is 10.4. The molecule has 1 aromatic carbocycles. The van der Waals surface area contributed by atoms with Crippen molar-refractivity contribution in [2.75, 3.05) is 13.1 Å². The van der Waals surface area contributed by atoms with Gasteiger partial charge in [-0.2, -0.15) is 0 Å². The summed E-state index contributed by atoms with van der Waals surface area (Å²) in [5.74, 6) is 0. The minimum absolute atomic E-state index is 0. The van der Waals surface area contributed by atoms with Crippen molar-refractivity contribution >= 4 is 24.8 Å². The molecule has 0 aliphatic heterocycles. The Morgan fingerprint density at radius 1 is 0.733 bits per heavy atom. The minimum atomic E-state index is 0. The van der Waals surface area contributed by atoms with Crippen LogP contribution >= 0.6 is 24.8 Å². The standard InChI is InChI=1S/C11H18N2.2ClH/c12-8-1-2-10-3-5-11(6-4-10)7-9-13;;/h3-6H,1-2,7-9,12-13H2;2*1H. The van der Waals surface area contributed by atoms with Crippen molar-refractivity contribution in [1.82, 2.24) is 0 Å². The van der Waals surface area contributed by atoms with Crippen LogP contribution in [0, 0.1) is 0 Å². The Bertz CT molecular complexity index is 237. The number of hydrogen-bond acceptors (Lipinski definition) is 2. The second-order valence-electron chi connectivity index (χ2n) is 3.25. The van der Waals surface area contributed by atoms with Crippen LogP contribution in [0.4, 0.5) is 0 Å². The summed E-state index contributed by atoms with van der Waals surface area (Å²) in [4.78, 5) is 0. The molecule has 0 saturated carbocycles. The number of nitrogens with two attached hydrogens (primary N) is 2. The molecule has 88 valence electrons. The third kappa shape index (κ3) is 6.74. The predicted molar refractivity (Wildman–Crippen MR) is 71.1 cm³/mol. The maximum absolute atomic E-state index is 5.46. The Hall–Kier alpha value is -0.280. The van der Waals surface area contributed by atoms with Gasteiger partial charge in [0.25, 0.3) is 0 Å². The number of benzene rings is 1. The van der Waals surface area contributed by atoms with E-state index in [2.05, 4.69) is 24.3 Å². The van der Waals surface area contributed by atoms with Crippen LogP contribution < -0.4 is 11.5 Å². The quantitative estimate of drug-likeness (QED) is 0.840. The third-order valence-corrected chi connectivity index (χ3v) is 2.13. The molecule has 0 amide bonds. The lowest BCUT2D eigenvalue weighted by Crippen LogP contribution is -2.03. The number of aryl methyl sites for hydroxylation is 1. The Morgan fingerprint density at radius 2 is 1.20 bits per heavy atom. The molecule has 0 aliphatic carbocycles. The van der Waals surface area contributed by atoms with Crippen molar-refractivity contribution in [3.63, 3.8) is 0 Å². The summed E-state index contributed by atoms with van der Waals surface area (Å²) in [5, 5.41) is 0. The number of halogens is 2. The summed E-state index contributed by atoms with van der Waals surface area (Å²) in [6.07, 6.45) is 3.12. The number of rotatable bonds is 5. The maximum atomic E-state index is 5.46. The molecule has 0 aliphatic rings. The second kappa shape index (κ2) is 10.2. The van der Waals surface area contributed by atoms with Gasteiger partial charge in [-0.05, 0) is 43.5 Å². The first-order valence-electron chi connectivity index (χ1n) is 4.84. The molecule has 1 rings (SSSR count). The van der Waals surface area contributed by atoms with Gasteiger partial charge in [-0.3, -0.25) is 0 Å². The molecule has 0 radical (unpaired) electrons. The molecule has 0 atom stereocenters. The second-order valence-corrected chi connectivity index (χ2v) is 3.25. The first-order valence-corrected chi connectivity index (χ1v) is 4.84. The predicted octanol–water partition coefficient (Wildman–Crippen LogP) is 1.92. The monoisotopic (exact) mass is 250 g/mol. The summed E-state index contributed by atoms with van der Waals surface area (Å²) >= 11 is 0. The third-order valence-electron chi connectivity index (χ3n) is 2.13. The van der Waals surface area contributed by atoms with Gasteiger partial charge in [-0.25, -0.2) is 0 Å². The van der Waals surface area contributed by atoms with E-state index in [1.807, 2.05) is 0 Å². The minimum Gasteiger partial charge on any atom is -0.330 e. The Morgan fingerprint density at radius 3 is 1.60 bits per heavy atom. The molecule has 0 spiro atoms. The summed E-state index contributed by atoms with van der Waals surface area (Å²) in [7, 11) is 0. The number of hydrogen-bond donors (Lipinski definition) is 2.